The lowest BCUT2D eigenvalue weighted by molar-refractivity contribution is -0.142. The van der Waals surface area contributed by atoms with Crippen molar-refractivity contribution in [2.75, 3.05) is 20.2 Å². The highest BCUT2D eigenvalue weighted by molar-refractivity contribution is 5.81. The molecule has 0 saturated carbocycles. The standard InChI is InChI=1S/C12H20N2O5/c1-8(2)14-7-9(19-12(14)17)6-13-10(15)4-5-11(16)18-3/h8-9H,4-7H2,1-3H3,(H,13,15). The molecule has 1 unspecified atom stereocenters. The molecule has 19 heavy (non-hydrogen) atoms. The van der Waals surface area contributed by atoms with E-state index in [9.17, 15) is 14.4 Å². The fourth-order valence-electron chi connectivity index (χ4n) is 1.70. The zero-order chi connectivity index (χ0) is 14.4. The number of cyclic esters (lactones) is 1. The van der Waals surface area contributed by atoms with Gasteiger partial charge in [0, 0.05) is 12.5 Å². The van der Waals surface area contributed by atoms with Crippen LogP contribution in [0.25, 0.3) is 0 Å². The molecule has 0 bridgehead atoms. The number of hydrogen-bond donors (Lipinski definition) is 1. The second kappa shape index (κ2) is 6.96. The SMILES string of the molecule is COC(=O)CCC(=O)NCC1CN(C(C)C)C(=O)O1. The molecule has 0 radical (unpaired) electrons. The van der Waals surface area contributed by atoms with Crippen molar-refractivity contribution in [3.63, 3.8) is 0 Å². The summed E-state index contributed by atoms with van der Waals surface area (Å²) in [5, 5.41) is 2.63. The summed E-state index contributed by atoms with van der Waals surface area (Å²) in [7, 11) is 1.28. The lowest BCUT2D eigenvalue weighted by Crippen LogP contribution is -2.36. The zero-order valence-corrected chi connectivity index (χ0v) is 11.5. The number of nitrogens with one attached hydrogen (secondary N) is 1. The van der Waals surface area contributed by atoms with E-state index >= 15 is 0 Å². The number of esters is 1. The monoisotopic (exact) mass is 272 g/mol. The molecule has 1 aliphatic heterocycles. The van der Waals surface area contributed by atoms with Gasteiger partial charge in [0.15, 0.2) is 0 Å². The van der Waals surface area contributed by atoms with Crippen LogP contribution in [0.4, 0.5) is 4.79 Å². The van der Waals surface area contributed by atoms with Gasteiger partial charge in [-0.25, -0.2) is 4.79 Å². The molecule has 0 aliphatic carbocycles. The molecule has 1 aliphatic rings. The van der Waals surface area contributed by atoms with Crippen LogP contribution in [0.15, 0.2) is 0 Å². The number of rotatable bonds is 6. The van der Waals surface area contributed by atoms with E-state index in [2.05, 4.69) is 10.1 Å². The van der Waals surface area contributed by atoms with Crippen molar-refractivity contribution in [1.82, 2.24) is 10.2 Å². The van der Waals surface area contributed by atoms with E-state index in [1.807, 2.05) is 13.8 Å². The number of carbonyl (C=O) groups is 3. The van der Waals surface area contributed by atoms with Gasteiger partial charge >= 0.3 is 12.1 Å². The largest absolute Gasteiger partial charge is 0.469 e. The van der Waals surface area contributed by atoms with Gasteiger partial charge in [-0.05, 0) is 13.8 Å². The number of hydrogen-bond acceptors (Lipinski definition) is 5. The first-order valence-corrected chi connectivity index (χ1v) is 6.24. The smallest absolute Gasteiger partial charge is 0.410 e. The number of carbonyl (C=O) groups excluding carboxylic acids is 3. The Balaban J connectivity index is 2.25. The van der Waals surface area contributed by atoms with Crippen molar-refractivity contribution < 1.29 is 23.9 Å². The Morgan fingerprint density at radius 3 is 2.68 bits per heavy atom. The summed E-state index contributed by atoms with van der Waals surface area (Å²) in [6.07, 6.45) is -0.577. The van der Waals surface area contributed by atoms with E-state index in [4.69, 9.17) is 4.74 Å². The predicted octanol–water partition coefficient (Wildman–Crippen LogP) is 0.285. The Hall–Kier alpha value is -1.79. The van der Waals surface area contributed by atoms with Crippen LogP contribution < -0.4 is 5.32 Å². The van der Waals surface area contributed by atoms with E-state index in [-0.39, 0.29) is 43.5 Å². The third-order valence-corrected chi connectivity index (χ3v) is 2.84. The van der Waals surface area contributed by atoms with E-state index in [0.717, 1.165) is 0 Å². The quantitative estimate of drug-likeness (QED) is 0.702. The molecule has 1 N–H and O–H groups in total. The molecule has 108 valence electrons. The van der Waals surface area contributed by atoms with Crippen molar-refractivity contribution in [2.24, 2.45) is 0 Å². The molecule has 1 heterocycles. The predicted molar refractivity (Wildman–Crippen MR) is 66.4 cm³/mol. The third-order valence-electron chi connectivity index (χ3n) is 2.84. The molecular formula is C12H20N2O5. The minimum absolute atomic E-state index is 0.0465. The fraction of sp³-hybridized carbons (Fsp3) is 0.750. The van der Waals surface area contributed by atoms with Crippen molar-refractivity contribution in [1.29, 1.82) is 0 Å². The summed E-state index contributed by atoms with van der Waals surface area (Å²) >= 11 is 0. The van der Waals surface area contributed by atoms with Crippen LogP contribution >= 0.6 is 0 Å². The lowest BCUT2D eigenvalue weighted by atomic mass is 10.2. The Bertz CT molecular complexity index is 356. The second-order valence-electron chi connectivity index (χ2n) is 4.63. The summed E-state index contributed by atoms with van der Waals surface area (Å²) in [4.78, 5) is 35.4. The van der Waals surface area contributed by atoms with Crippen LogP contribution in [-0.2, 0) is 19.1 Å². The summed E-state index contributed by atoms with van der Waals surface area (Å²) in [6, 6.07) is 0.0764. The van der Waals surface area contributed by atoms with Crippen molar-refractivity contribution in [3.8, 4) is 0 Å². The molecule has 7 nitrogen and oxygen atoms in total. The maximum atomic E-state index is 11.5. The molecule has 1 saturated heterocycles. The van der Waals surface area contributed by atoms with Gasteiger partial charge in [0.25, 0.3) is 0 Å². The van der Waals surface area contributed by atoms with Gasteiger partial charge < -0.3 is 19.7 Å². The van der Waals surface area contributed by atoms with Gasteiger partial charge in [0.2, 0.25) is 5.91 Å². The Morgan fingerprint density at radius 1 is 1.47 bits per heavy atom. The first kappa shape index (κ1) is 15.3. The maximum absolute atomic E-state index is 11.5. The molecule has 1 fully saturated rings. The summed E-state index contributed by atoms with van der Waals surface area (Å²) < 4.78 is 9.55. The third kappa shape index (κ3) is 4.76. The molecule has 1 rings (SSSR count). The van der Waals surface area contributed by atoms with Gasteiger partial charge in [-0.15, -0.1) is 0 Å². The van der Waals surface area contributed by atoms with Gasteiger partial charge in [-0.1, -0.05) is 0 Å². The van der Waals surface area contributed by atoms with Crippen LogP contribution in [0.5, 0.6) is 0 Å². The van der Waals surface area contributed by atoms with Crippen LogP contribution in [0, 0.1) is 0 Å². The summed E-state index contributed by atoms with van der Waals surface area (Å²) in [5.74, 6) is -0.683. The Kier molecular flexibility index (Phi) is 5.59. The highest BCUT2D eigenvalue weighted by Gasteiger charge is 2.32. The van der Waals surface area contributed by atoms with Gasteiger partial charge in [0.05, 0.1) is 26.6 Å². The van der Waals surface area contributed by atoms with Gasteiger partial charge in [0.1, 0.15) is 6.10 Å². The lowest BCUT2D eigenvalue weighted by Gasteiger charge is -2.16. The van der Waals surface area contributed by atoms with E-state index < -0.39 is 5.97 Å². The number of ether oxygens (including phenoxy) is 2. The average molecular weight is 272 g/mol. The Morgan fingerprint density at radius 2 is 2.16 bits per heavy atom. The normalized spacial score (nSPS) is 18.4. The molecule has 0 spiro atoms. The van der Waals surface area contributed by atoms with Crippen molar-refractivity contribution >= 4 is 18.0 Å². The number of methoxy groups -OCH3 is 1. The Labute approximate surface area is 112 Å². The maximum Gasteiger partial charge on any atom is 0.410 e. The van der Waals surface area contributed by atoms with E-state index in [1.165, 1.54) is 7.11 Å². The van der Waals surface area contributed by atoms with Crippen LogP contribution in [0.3, 0.4) is 0 Å². The van der Waals surface area contributed by atoms with Gasteiger partial charge in [-0.3, -0.25) is 9.59 Å². The molecule has 7 heteroatoms. The first-order chi connectivity index (χ1) is 8.93. The topological polar surface area (TPSA) is 84.9 Å². The highest BCUT2D eigenvalue weighted by atomic mass is 16.6. The first-order valence-electron chi connectivity index (χ1n) is 6.24. The molecule has 0 aromatic carbocycles. The molecular weight excluding hydrogens is 252 g/mol. The number of amides is 2. The minimum Gasteiger partial charge on any atom is -0.469 e. The molecule has 1 atom stereocenters. The minimum atomic E-state index is -0.423. The molecule has 0 aromatic heterocycles. The highest BCUT2D eigenvalue weighted by Crippen LogP contribution is 2.13. The number of nitrogens with zero attached hydrogens (tertiary/aromatic N) is 1. The molecule has 2 amide bonds. The summed E-state index contributed by atoms with van der Waals surface area (Å²) in [5.41, 5.74) is 0. The van der Waals surface area contributed by atoms with E-state index in [0.29, 0.717) is 6.54 Å². The van der Waals surface area contributed by atoms with Crippen molar-refractivity contribution in [3.05, 3.63) is 0 Å². The summed E-state index contributed by atoms with van der Waals surface area (Å²) in [6.45, 7) is 4.53. The van der Waals surface area contributed by atoms with Crippen molar-refractivity contribution in [2.45, 2.75) is 38.8 Å². The molecule has 0 aromatic rings. The van der Waals surface area contributed by atoms with Crippen LogP contribution in [0.1, 0.15) is 26.7 Å². The average Bonchev–Trinajstić information content (AvgIpc) is 2.74. The van der Waals surface area contributed by atoms with E-state index in [1.54, 1.807) is 4.90 Å². The van der Waals surface area contributed by atoms with Gasteiger partial charge in [-0.2, -0.15) is 0 Å². The second-order valence-corrected chi connectivity index (χ2v) is 4.63. The zero-order valence-electron chi connectivity index (χ0n) is 11.5. The van der Waals surface area contributed by atoms with Crippen LogP contribution in [-0.4, -0.2) is 55.2 Å². The van der Waals surface area contributed by atoms with Crippen LogP contribution in [0.2, 0.25) is 0 Å². The fourth-order valence-corrected chi connectivity index (χ4v) is 1.70.